The highest BCUT2D eigenvalue weighted by Crippen LogP contribution is 2.61. The first-order valence-electron chi connectivity index (χ1n) is 18.2. The van der Waals surface area contributed by atoms with Crippen LogP contribution in [0.2, 0.25) is 0 Å². The number of anilines is 1. The third kappa shape index (κ3) is 15.0. The van der Waals surface area contributed by atoms with Crippen molar-refractivity contribution >= 4 is 64.0 Å². The molecule has 26 nitrogen and oxygen atoms in total. The number of aliphatic hydroxyl groups excluding tert-OH is 2. The van der Waals surface area contributed by atoms with Crippen LogP contribution in [-0.4, -0.2) is 130 Å². The maximum Gasteiger partial charge on any atom is 0.481 e. The highest BCUT2D eigenvalue weighted by Gasteiger charge is 2.50. The number of nitrogen functional groups attached to an aromatic ring is 1. The summed E-state index contributed by atoms with van der Waals surface area (Å²) in [6.45, 7) is 0.362. The van der Waals surface area contributed by atoms with E-state index < -0.39 is 84.6 Å². The van der Waals surface area contributed by atoms with Crippen LogP contribution in [-0.2, 0) is 50.7 Å². The van der Waals surface area contributed by atoms with E-state index in [0.717, 1.165) is 17.2 Å². The quantitative estimate of drug-likeness (QED) is 0.0310. The molecule has 1 aliphatic rings. The Morgan fingerprint density at radius 1 is 0.902 bits per heavy atom. The fourth-order valence-corrected chi connectivity index (χ4v) is 8.44. The van der Waals surface area contributed by atoms with Crippen molar-refractivity contribution in [3.8, 4) is 0 Å². The molecule has 0 bridgehead atoms. The van der Waals surface area contributed by atoms with E-state index in [1.54, 1.807) is 30.3 Å². The molecule has 338 valence electrons. The van der Waals surface area contributed by atoms with E-state index in [9.17, 15) is 62.7 Å². The number of benzene rings is 1. The summed E-state index contributed by atoms with van der Waals surface area (Å²) in [6.07, 6.45) is -6.38. The number of amides is 3. The monoisotopic (exact) mass is 924 g/mol. The topological polar surface area (TPSA) is 393 Å². The average molecular weight is 925 g/mol. The number of phosphoric acid groups is 3. The zero-order chi connectivity index (χ0) is 45.2. The van der Waals surface area contributed by atoms with E-state index in [1.807, 2.05) is 0 Å². The molecule has 1 fully saturated rings. The van der Waals surface area contributed by atoms with Crippen molar-refractivity contribution < 1.29 is 85.3 Å². The number of carbonyl (C=O) groups is 4. The lowest BCUT2D eigenvalue weighted by Gasteiger charge is -2.30. The number of ketones is 1. The molecule has 7 atom stereocenters. The van der Waals surface area contributed by atoms with Gasteiger partial charge in [0.25, 0.3) is 0 Å². The summed E-state index contributed by atoms with van der Waals surface area (Å²) in [5, 5.41) is 29.0. The summed E-state index contributed by atoms with van der Waals surface area (Å²) in [4.78, 5) is 100.0. The lowest BCUT2D eigenvalue weighted by Crippen LogP contribution is -2.46. The van der Waals surface area contributed by atoms with Gasteiger partial charge in [0.1, 0.15) is 36.3 Å². The summed E-state index contributed by atoms with van der Waals surface area (Å²) in [6, 6.07) is 8.68. The number of nitrogens with one attached hydrogen (secondary N) is 3. The van der Waals surface area contributed by atoms with Crippen molar-refractivity contribution in [2.24, 2.45) is 5.41 Å². The van der Waals surface area contributed by atoms with E-state index in [1.165, 1.54) is 13.8 Å². The number of imidazole rings is 1. The normalized spacial score (nSPS) is 20.7. The molecule has 4 rings (SSSR count). The van der Waals surface area contributed by atoms with Crippen molar-refractivity contribution in [3.05, 3.63) is 48.5 Å². The molecule has 11 N–H and O–H groups in total. The first-order valence-corrected chi connectivity index (χ1v) is 22.7. The minimum Gasteiger partial charge on any atom is -0.386 e. The minimum absolute atomic E-state index is 0.0229. The second-order valence-corrected chi connectivity index (χ2v) is 18.3. The van der Waals surface area contributed by atoms with Gasteiger partial charge in [0, 0.05) is 49.9 Å². The van der Waals surface area contributed by atoms with E-state index >= 15 is 0 Å². The van der Waals surface area contributed by atoms with Crippen LogP contribution in [0.15, 0.2) is 43.0 Å². The smallest absolute Gasteiger partial charge is 0.386 e. The number of carbonyl (C=O) groups excluding carboxylic acids is 4. The number of nitrogens with zero attached hydrogens (tertiary/aromatic N) is 4. The summed E-state index contributed by atoms with van der Waals surface area (Å²) in [7, 11) is -16.4. The van der Waals surface area contributed by atoms with Gasteiger partial charge in [-0.3, -0.25) is 37.3 Å². The first-order chi connectivity index (χ1) is 28.5. The fourth-order valence-electron chi connectivity index (χ4n) is 5.61. The summed E-state index contributed by atoms with van der Waals surface area (Å²) in [5.41, 5.74) is 4.79. The van der Waals surface area contributed by atoms with Gasteiger partial charge in [0.2, 0.25) is 17.7 Å². The van der Waals surface area contributed by atoms with Crippen molar-refractivity contribution in [1.29, 1.82) is 0 Å². The Labute approximate surface area is 347 Å². The zero-order valence-corrected chi connectivity index (χ0v) is 35.3. The molecule has 0 radical (unpaired) electrons. The van der Waals surface area contributed by atoms with Gasteiger partial charge < -0.3 is 56.2 Å². The zero-order valence-electron chi connectivity index (χ0n) is 32.6. The highest BCUT2D eigenvalue weighted by atomic mass is 31.3. The SMILES string of the molecule is CC(C)(COP(=O)(O)OP(=O)(O)OC[C@H]1O[C@@H](n2cnc3c(N)ncnc32)[C@H](O)[C@@H]1OP(=O)(O)O)[C@@H](O)C(=O)NCCC(=O)NCCNC(=O)CCCC(=O)c1ccccc1. The highest BCUT2D eigenvalue weighted by molar-refractivity contribution is 7.61. The molecule has 2 aromatic heterocycles. The number of aliphatic hydroxyl groups is 2. The first kappa shape index (κ1) is 49.6. The van der Waals surface area contributed by atoms with Crippen molar-refractivity contribution in [1.82, 2.24) is 35.5 Å². The molecule has 2 unspecified atom stereocenters. The van der Waals surface area contributed by atoms with Crippen molar-refractivity contribution in [2.75, 3.05) is 38.6 Å². The van der Waals surface area contributed by atoms with Crippen LogP contribution in [0.4, 0.5) is 5.82 Å². The van der Waals surface area contributed by atoms with Gasteiger partial charge >= 0.3 is 23.5 Å². The molecule has 3 aromatic rings. The van der Waals surface area contributed by atoms with Crippen LogP contribution in [0, 0.1) is 5.41 Å². The van der Waals surface area contributed by atoms with E-state index in [0.29, 0.717) is 12.0 Å². The van der Waals surface area contributed by atoms with E-state index in [-0.39, 0.29) is 67.6 Å². The maximum atomic E-state index is 12.7. The summed E-state index contributed by atoms with van der Waals surface area (Å²) >= 11 is 0. The van der Waals surface area contributed by atoms with Crippen LogP contribution in [0.25, 0.3) is 11.2 Å². The van der Waals surface area contributed by atoms with Crippen molar-refractivity contribution in [3.63, 3.8) is 0 Å². The fraction of sp³-hybridized carbons (Fsp3) is 0.531. The standard InChI is InChI=1S/C32H47N8O18P3/c1-32(2,27(45)30(46)36-12-11-23(43)35-14-13-34-22(42)10-6-9-20(41)19-7-4-3-5-8-19)16-55-61(52,53)58-60(50,51)54-15-21-26(57-59(47,48)49)25(44)31(56-21)40-18-39-24-28(33)37-17-38-29(24)40/h3-5,7-8,17-18,21,25-27,31,44-45H,6,9-16H2,1-2H3,(H,34,42)(H,35,43)(H,36,46)(H,50,51)(H,52,53)(H2,33,37,38)(H2,47,48,49)/t21-,25-,26-,27+,31-/m1/s1. The Bertz CT molecular complexity index is 2160. The number of hydrogen-bond donors (Lipinski definition) is 10. The van der Waals surface area contributed by atoms with Gasteiger partial charge in [-0.2, -0.15) is 4.31 Å². The largest absolute Gasteiger partial charge is 0.481 e. The van der Waals surface area contributed by atoms with E-state index in [2.05, 4.69) is 39.7 Å². The Balaban J connectivity index is 1.17. The summed E-state index contributed by atoms with van der Waals surface area (Å²) in [5.74, 6) is -1.93. The van der Waals surface area contributed by atoms with Crippen LogP contribution in [0.5, 0.6) is 0 Å². The van der Waals surface area contributed by atoms with Gasteiger partial charge in [0.15, 0.2) is 23.5 Å². The lowest BCUT2D eigenvalue weighted by atomic mass is 9.87. The van der Waals surface area contributed by atoms with Gasteiger partial charge in [-0.25, -0.2) is 28.6 Å². The van der Waals surface area contributed by atoms with Crippen LogP contribution >= 0.6 is 23.5 Å². The van der Waals surface area contributed by atoms with Gasteiger partial charge in [-0.15, -0.1) is 0 Å². The Hall–Kier alpha value is -4.10. The number of aromatic nitrogens is 4. The molecule has 3 amide bonds. The number of phosphoric ester groups is 3. The Kier molecular flexibility index (Phi) is 17.3. The second kappa shape index (κ2) is 21.3. The lowest BCUT2D eigenvalue weighted by molar-refractivity contribution is -0.137. The Morgan fingerprint density at radius 2 is 1.54 bits per heavy atom. The molecule has 61 heavy (non-hydrogen) atoms. The Morgan fingerprint density at radius 3 is 2.20 bits per heavy atom. The third-order valence-electron chi connectivity index (χ3n) is 8.75. The summed E-state index contributed by atoms with van der Waals surface area (Å²) < 4.78 is 62.2. The number of nitrogens with two attached hydrogens (primary N) is 1. The molecule has 1 aliphatic heterocycles. The number of Topliss-reactive ketones (excluding diaryl/α,β-unsaturated/α-hetero) is 1. The van der Waals surface area contributed by atoms with E-state index in [4.69, 9.17) is 19.5 Å². The van der Waals surface area contributed by atoms with Crippen LogP contribution in [0.3, 0.4) is 0 Å². The maximum absolute atomic E-state index is 12.7. The number of ether oxygens (including phenoxy) is 1. The molecule has 0 aliphatic carbocycles. The predicted molar refractivity (Wildman–Crippen MR) is 207 cm³/mol. The third-order valence-corrected chi connectivity index (χ3v) is 11.9. The second-order valence-electron chi connectivity index (χ2n) is 14.1. The predicted octanol–water partition coefficient (Wildman–Crippen LogP) is -0.426. The van der Waals surface area contributed by atoms with Gasteiger partial charge in [0.05, 0.1) is 19.5 Å². The molecule has 0 spiro atoms. The molecule has 3 heterocycles. The molecule has 1 aromatic carbocycles. The average Bonchev–Trinajstić information content (AvgIpc) is 3.74. The molecular formula is C32H47N8O18P3. The van der Waals surface area contributed by atoms with Gasteiger partial charge in [-0.05, 0) is 6.42 Å². The molecular weight excluding hydrogens is 877 g/mol. The van der Waals surface area contributed by atoms with Crippen LogP contribution < -0.4 is 21.7 Å². The minimum atomic E-state index is -5.59. The van der Waals surface area contributed by atoms with Crippen molar-refractivity contribution in [2.45, 2.75) is 70.2 Å². The molecule has 29 heteroatoms. The number of fused-ring (bicyclic) bond motifs is 1. The van der Waals surface area contributed by atoms with Gasteiger partial charge in [-0.1, -0.05) is 44.2 Å². The molecule has 0 saturated carbocycles. The van der Waals surface area contributed by atoms with Crippen LogP contribution in [0.1, 0.15) is 56.1 Å². The molecule has 1 saturated heterocycles. The number of hydrogen-bond acceptors (Lipinski definition) is 18. The number of rotatable bonds is 24.